The van der Waals surface area contributed by atoms with Gasteiger partial charge in [0, 0.05) is 37.3 Å². The molecular formula is C24H28FN7. The molecule has 1 atom stereocenters. The van der Waals surface area contributed by atoms with Crippen LogP contribution in [0.4, 0.5) is 10.2 Å². The summed E-state index contributed by atoms with van der Waals surface area (Å²) in [6, 6.07) is 12.1. The molecule has 0 amide bonds. The topological polar surface area (TPSA) is 87.0 Å². The van der Waals surface area contributed by atoms with Crippen molar-refractivity contribution in [2.75, 3.05) is 39.1 Å². The van der Waals surface area contributed by atoms with Crippen LogP contribution in [-0.4, -0.2) is 59.3 Å². The molecule has 4 aromatic rings. The average molecular weight is 434 g/mol. The highest BCUT2D eigenvalue weighted by Gasteiger charge is 2.18. The van der Waals surface area contributed by atoms with Gasteiger partial charge < -0.3 is 15.5 Å². The predicted octanol–water partition coefficient (Wildman–Crippen LogP) is 3.40. The third kappa shape index (κ3) is 4.92. The molecule has 0 saturated carbocycles. The molecule has 0 unspecified atom stereocenters. The number of fused-ring (bicyclic) bond motifs is 1. The van der Waals surface area contributed by atoms with Gasteiger partial charge in [-0.15, -0.1) is 0 Å². The van der Waals surface area contributed by atoms with E-state index in [1.807, 2.05) is 45.5 Å². The number of anilines is 1. The zero-order valence-electron chi connectivity index (χ0n) is 18.6. The van der Waals surface area contributed by atoms with Gasteiger partial charge in [0.2, 0.25) is 0 Å². The second kappa shape index (κ2) is 9.42. The van der Waals surface area contributed by atoms with E-state index in [4.69, 9.17) is 15.7 Å². The van der Waals surface area contributed by atoms with Crippen molar-refractivity contribution in [3.8, 4) is 11.1 Å². The van der Waals surface area contributed by atoms with E-state index < -0.39 is 6.04 Å². The normalized spacial score (nSPS) is 12.4. The third-order valence-electron chi connectivity index (χ3n) is 5.44. The first-order chi connectivity index (χ1) is 15.4. The first-order valence-corrected chi connectivity index (χ1v) is 10.6. The standard InChI is InChI=1S/C24H28FN7/c1-31(2)9-10-32(3)24-20-13-17(18-14-27-28-15-18)7-8-22(20)29-23(30-24)21(26)12-16-5-4-6-19(25)11-16/h4-8,11,13-15,21H,9-10,12,26H2,1-3H3,(H,27,28)/t21-/m0/s1. The SMILES string of the molecule is CN(C)CCN(C)c1nc([C@@H](N)Cc2cccc(F)c2)nc2ccc(-c3cn[nH]c3)cc12. The Kier molecular flexibility index (Phi) is 6.43. The number of hydrogen-bond acceptors (Lipinski definition) is 6. The Labute approximate surface area is 187 Å². The van der Waals surface area contributed by atoms with Crippen molar-refractivity contribution in [2.24, 2.45) is 5.73 Å². The number of halogens is 1. The van der Waals surface area contributed by atoms with Crippen LogP contribution in [-0.2, 0) is 6.42 Å². The lowest BCUT2D eigenvalue weighted by Crippen LogP contribution is -2.30. The molecule has 2 heterocycles. The molecule has 8 heteroatoms. The molecule has 7 nitrogen and oxygen atoms in total. The number of nitrogens with one attached hydrogen (secondary N) is 1. The molecule has 0 aliphatic heterocycles. The minimum atomic E-state index is -0.448. The smallest absolute Gasteiger partial charge is 0.148 e. The zero-order valence-corrected chi connectivity index (χ0v) is 18.6. The average Bonchev–Trinajstić information content (AvgIpc) is 3.31. The van der Waals surface area contributed by atoms with Gasteiger partial charge in [-0.1, -0.05) is 18.2 Å². The highest BCUT2D eigenvalue weighted by atomic mass is 19.1. The molecule has 0 spiro atoms. The van der Waals surface area contributed by atoms with Crippen LogP contribution in [0, 0.1) is 5.82 Å². The Morgan fingerprint density at radius 3 is 2.59 bits per heavy atom. The third-order valence-corrected chi connectivity index (χ3v) is 5.44. The van der Waals surface area contributed by atoms with Crippen LogP contribution >= 0.6 is 0 Å². The molecular weight excluding hydrogens is 405 g/mol. The minimum absolute atomic E-state index is 0.273. The minimum Gasteiger partial charge on any atom is -0.358 e. The maximum absolute atomic E-state index is 13.6. The van der Waals surface area contributed by atoms with Gasteiger partial charge in [0.1, 0.15) is 17.5 Å². The summed E-state index contributed by atoms with van der Waals surface area (Å²) in [7, 11) is 6.12. The fourth-order valence-corrected chi connectivity index (χ4v) is 3.64. The first kappa shape index (κ1) is 21.9. The van der Waals surface area contributed by atoms with E-state index in [0.717, 1.165) is 46.5 Å². The van der Waals surface area contributed by atoms with Crippen LogP contribution in [0.3, 0.4) is 0 Å². The fraction of sp³-hybridized carbons (Fsp3) is 0.292. The number of likely N-dealkylation sites (N-methyl/N-ethyl adjacent to an activating group) is 2. The van der Waals surface area contributed by atoms with E-state index in [9.17, 15) is 4.39 Å². The highest BCUT2D eigenvalue weighted by molar-refractivity contribution is 5.93. The molecule has 0 saturated heterocycles. The molecule has 0 aliphatic rings. The van der Waals surface area contributed by atoms with Crippen molar-refractivity contribution < 1.29 is 4.39 Å². The van der Waals surface area contributed by atoms with E-state index in [1.165, 1.54) is 12.1 Å². The van der Waals surface area contributed by atoms with Crippen molar-refractivity contribution in [1.29, 1.82) is 0 Å². The Morgan fingerprint density at radius 2 is 1.88 bits per heavy atom. The number of aromatic nitrogens is 4. The van der Waals surface area contributed by atoms with Gasteiger partial charge in [-0.2, -0.15) is 5.10 Å². The molecule has 0 fully saturated rings. The molecule has 166 valence electrons. The van der Waals surface area contributed by atoms with Crippen molar-refractivity contribution in [3.05, 3.63) is 72.1 Å². The predicted molar refractivity (Wildman–Crippen MR) is 126 cm³/mol. The van der Waals surface area contributed by atoms with Crippen molar-refractivity contribution in [3.63, 3.8) is 0 Å². The summed E-state index contributed by atoms with van der Waals surface area (Å²) in [5, 5.41) is 7.86. The van der Waals surface area contributed by atoms with Gasteiger partial charge >= 0.3 is 0 Å². The molecule has 32 heavy (non-hydrogen) atoms. The van der Waals surface area contributed by atoms with Crippen LogP contribution in [0.5, 0.6) is 0 Å². The van der Waals surface area contributed by atoms with Crippen LogP contribution in [0.2, 0.25) is 0 Å². The van der Waals surface area contributed by atoms with E-state index >= 15 is 0 Å². The van der Waals surface area contributed by atoms with Gasteiger partial charge in [0.25, 0.3) is 0 Å². The van der Waals surface area contributed by atoms with Crippen LogP contribution in [0.15, 0.2) is 54.9 Å². The Morgan fingerprint density at radius 1 is 1.03 bits per heavy atom. The Balaban J connectivity index is 1.74. The van der Waals surface area contributed by atoms with E-state index in [0.29, 0.717) is 12.2 Å². The van der Waals surface area contributed by atoms with Crippen LogP contribution in [0.1, 0.15) is 17.4 Å². The number of rotatable bonds is 8. The van der Waals surface area contributed by atoms with E-state index in [-0.39, 0.29) is 5.82 Å². The number of nitrogens with zero attached hydrogens (tertiary/aromatic N) is 5. The quantitative estimate of drug-likeness (QED) is 0.443. The maximum atomic E-state index is 13.6. The lowest BCUT2D eigenvalue weighted by atomic mass is 10.0. The first-order valence-electron chi connectivity index (χ1n) is 10.6. The number of aromatic amines is 1. The van der Waals surface area contributed by atoms with Crippen molar-refractivity contribution in [1.82, 2.24) is 25.1 Å². The van der Waals surface area contributed by atoms with Crippen molar-refractivity contribution >= 4 is 16.7 Å². The molecule has 0 aliphatic carbocycles. The molecule has 3 N–H and O–H groups in total. The Bertz CT molecular complexity index is 1190. The largest absolute Gasteiger partial charge is 0.358 e. The molecule has 0 radical (unpaired) electrons. The number of nitrogens with two attached hydrogens (primary N) is 1. The lowest BCUT2D eigenvalue weighted by molar-refractivity contribution is 0.416. The second-order valence-electron chi connectivity index (χ2n) is 8.29. The number of hydrogen-bond donors (Lipinski definition) is 2. The summed E-state index contributed by atoms with van der Waals surface area (Å²) in [6.45, 7) is 1.68. The second-order valence-corrected chi connectivity index (χ2v) is 8.29. The summed E-state index contributed by atoms with van der Waals surface area (Å²) < 4.78 is 13.6. The summed E-state index contributed by atoms with van der Waals surface area (Å²) >= 11 is 0. The number of H-pyrrole nitrogens is 1. The highest BCUT2D eigenvalue weighted by Crippen LogP contribution is 2.30. The maximum Gasteiger partial charge on any atom is 0.148 e. The summed E-state index contributed by atoms with van der Waals surface area (Å²) in [5.74, 6) is 1.10. The zero-order chi connectivity index (χ0) is 22.7. The van der Waals surface area contributed by atoms with Crippen molar-refractivity contribution in [2.45, 2.75) is 12.5 Å². The Hall–Kier alpha value is -3.36. The molecule has 2 aromatic carbocycles. The van der Waals surface area contributed by atoms with E-state index in [1.54, 1.807) is 12.3 Å². The monoisotopic (exact) mass is 433 g/mol. The van der Waals surface area contributed by atoms with Gasteiger partial charge in [-0.25, -0.2) is 14.4 Å². The lowest BCUT2D eigenvalue weighted by Gasteiger charge is -2.23. The number of benzene rings is 2. The summed E-state index contributed by atoms with van der Waals surface area (Å²) in [6.07, 6.45) is 4.11. The summed E-state index contributed by atoms with van der Waals surface area (Å²) in [4.78, 5) is 13.9. The van der Waals surface area contributed by atoms with Gasteiger partial charge in [0.05, 0.1) is 17.8 Å². The van der Waals surface area contributed by atoms with Crippen LogP contribution in [0.25, 0.3) is 22.0 Å². The summed E-state index contributed by atoms with van der Waals surface area (Å²) in [5.41, 5.74) is 10.2. The fourth-order valence-electron chi connectivity index (χ4n) is 3.64. The van der Waals surface area contributed by atoms with E-state index in [2.05, 4.69) is 26.1 Å². The van der Waals surface area contributed by atoms with Gasteiger partial charge in [-0.05, 0) is 55.9 Å². The van der Waals surface area contributed by atoms with Gasteiger partial charge in [0.15, 0.2) is 0 Å². The molecule has 0 bridgehead atoms. The van der Waals surface area contributed by atoms with Crippen LogP contribution < -0.4 is 10.6 Å². The van der Waals surface area contributed by atoms with Gasteiger partial charge in [-0.3, -0.25) is 5.10 Å². The molecule has 4 rings (SSSR count). The molecule has 2 aromatic heterocycles.